The minimum absolute atomic E-state index is 0.199. The Hall–Kier alpha value is -2.25. The van der Waals surface area contributed by atoms with Gasteiger partial charge in [0.25, 0.3) is 0 Å². The SMILES string of the molecule is COP(=O)(OC)C(OCCN)c1cccc(O[Si](c2ccccc2)(c2ccccc2)C(C)(C)C)c1. The van der Waals surface area contributed by atoms with E-state index in [1.807, 2.05) is 36.4 Å². The number of ether oxygens (including phenoxy) is 1. The molecule has 3 aromatic rings. The molecule has 6 nitrogen and oxygen atoms in total. The van der Waals surface area contributed by atoms with Gasteiger partial charge in [-0.3, -0.25) is 4.57 Å². The number of hydrogen-bond acceptors (Lipinski definition) is 6. The van der Waals surface area contributed by atoms with E-state index in [0.717, 1.165) is 0 Å². The number of rotatable bonds is 11. The second-order valence-corrected chi connectivity index (χ2v) is 15.8. The van der Waals surface area contributed by atoms with Gasteiger partial charge in [-0.05, 0) is 33.1 Å². The Morgan fingerprint density at radius 3 is 1.86 bits per heavy atom. The second kappa shape index (κ2) is 11.7. The molecule has 0 saturated carbocycles. The summed E-state index contributed by atoms with van der Waals surface area (Å²) in [5.74, 6) is -0.263. The zero-order chi connectivity index (χ0) is 25.5. The predicted molar refractivity (Wildman–Crippen MR) is 144 cm³/mol. The molecule has 0 saturated heterocycles. The van der Waals surface area contributed by atoms with Crippen molar-refractivity contribution < 1.29 is 22.8 Å². The maximum Gasteiger partial charge on any atom is 0.363 e. The van der Waals surface area contributed by atoms with Crippen molar-refractivity contribution in [1.29, 1.82) is 0 Å². The summed E-state index contributed by atoms with van der Waals surface area (Å²) in [6, 6.07) is 28.3. The molecule has 0 heterocycles. The maximum atomic E-state index is 13.3. The lowest BCUT2D eigenvalue weighted by Crippen LogP contribution is -2.68. The summed E-state index contributed by atoms with van der Waals surface area (Å²) in [5.41, 5.74) is 6.30. The van der Waals surface area contributed by atoms with Crippen LogP contribution in [0.5, 0.6) is 5.75 Å². The molecule has 35 heavy (non-hydrogen) atoms. The van der Waals surface area contributed by atoms with Gasteiger partial charge in [0.15, 0.2) is 5.85 Å². The third-order valence-corrected chi connectivity index (χ3v) is 13.0. The number of benzene rings is 3. The zero-order valence-electron chi connectivity index (χ0n) is 21.1. The van der Waals surface area contributed by atoms with E-state index in [1.54, 1.807) is 0 Å². The fourth-order valence-corrected chi connectivity index (χ4v) is 10.1. The van der Waals surface area contributed by atoms with Crippen molar-refractivity contribution in [3.63, 3.8) is 0 Å². The molecule has 0 aromatic heterocycles. The highest BCUT2D eigenvalue weighted by atomic mass is 31.2. The van der Waals surface area contributed by atoms with Gasteiger partial charge in [-0.25, -0.2) is 0 Å². The summed E-state index contributed by atoms with van der Waals surface area (Å²) in [5, 5.41) is 2.13. The molecule has 8 heteroatoms. The molecule has 0 aliphatic carbocycles. The van der Waals surface area contributed by atoms with Gasteiger partial charge in [0.05, 0.1) is 6.61 Å². The van der Waals surface area contributed by atoms with Crippen LogP contribution in [0.2, 0.25) is 5.04 Å². The topological polar surface area (TPSA) is 80.0 Å². The van der Waals surface area contributed by atoms with E-state index in [0.29, 0.717) is 11.3 Å². The highest BCUT2D eigenvalue weighted by molar-refractivity contribution is 7.54. The fourth-order valence-electron chi connectivity index (χ4n) is 4.37. The van der Waals surface area contributed by atoms with Crippen molar-refractivity contribution in [2.75, 3.05) is 27.4 Å². The van der Waals surface area contributed by atoms with Gasteiger partial charge in [-0.15, -0.1) is 0 Å². The molecule has 2 N–H and O–H groups in total. The molecular weight excluding hydrogens is 477 g/mol. The summed E-state index contributed by atoms with van der Waals surface area (Å²) in [6.45, 7) is 7.16. The van der Waals surface area contributed by atoms with Crippen LogP contribution in [0.3, 0.4) is 0 Å². The van der Waals surface area contributed by atoms with E-state index in [2.05, 4.69) is 69.3 Å². The van der Waals surface area contributed by atoms with Crippen LogP contribution in [0.15, 0.2) is 84.9 Å². The minimum atomic E-state index is -3.58. The van der Waals surface area contributed by atoms with Gasteiger partial charge in [-0.2, -0.15) is 0 Å². The summed E-state index contributed by atoms with van der Waals surface area (Å²) in [6.07, 6.45) is 0. The van der Waals surface area contributed by atoms with Crippen molar-refractivity contribution in [1.82, 2.24) is 0 Å². The average molecular weight is 514 g/mol. The first kappa shape index (κ1) is 27.3. The van der Waals surface area contributed by atoms with E-state index in [9.17, 15) is 4.57 Å². The quantitative estimate of drug-likeness (QED) is 0.284. The summed E-state index contributed by atoms with van der Waals surface area (Å²) in [4.78, 5) is 0. The van der Waals surface area contributed by atoms with Crippen molar-refractivity contribution in [3.05, 3.63) is 90.5 Å². The van der Waals surface area contributed by atoms with E-state index in [1.165, 1.54) is 24.6 Å². The van der Waals surface area contributed by atoms with Gasteiger partial charge in [0.1, 0.15) is 5.75 Å². The van der Waals surface area contributed by atoms with Crippen molar-refractivity contribution in [3.8, 4) is 5.75 Å². The van der Waals surface area contributed by atoms with Gasteiger partial charge < -0.3 is 23.9 Å². The molecule has 1 unspecified atom stereocenters. The molecule has 1 atom stereocenters. The highest BCUT2D eigenvalue weighted by Gasteiger charge is 2.52. The molecule has 0 aliphatic heterocycles. The van der Waals surface area contributed by atoms with Crippen LogP contribution in [0.1, 0.15) is 32.2 Å². The second-order valence-electron chi connectivity index (χ2n) is 9.25. The van der Waals surface area contributed by atoms with Gasteiger partial charge in [0, 0.05) is 20.8 Å². The molecular formula is C27H36NO5PSi. The predicted octanol–water partition coefficient (Wildman–Crippen LogP) is 5.09. The van der Waals surface area contributed by atoms with Gasteiger partial charge in [-0.1, -0.05) is 93.6 Å². The number of nitrogens with two attached hydrogens (primary N) is 1. The highest BCUT2D eigenvalue weighted by Crippen LogP contribution is 2.60. The van der Waals surface area contributed by atoms with Crippen molar-refractivity contribution in [2.45, 2.75) is 31.7 Å². The molecule has 0 aliphatic rings. The maximum absolute atomic E-state index is 13.3. The van der Waals surface area contributed by atoms with Crippen molar-refractivity contribution in [2.24, 2.45) is 5.73 Å². The Balaban J connectivity index is 2.16. The smallest absolute Gasteiger partial charge is 0.363 e. The molecule has 0 spiro atoms. The summed E-state index contributed by atoms with van der Waals surface area (Å²) < 4.78 is 36.8. The van der Waals surface area contributed by atoms with E-state index >= 15 is 0 Å². The third-order valence-electron chi connectivity index (χ3n) is 6.02. The van der Waals surface area contributed by atoms with E-state index in [-0.39, 0.29) is 18.2 Å². The molecule has 3 aromatic carbocycles. The lowest BCUT2D eigenvalue weighted by Gasteiger charge is -2.43. The van der Waals surface area contributed by atoms with Crippen LogP contribution in [0.4, 0.5) is 0 Å². The molecule has 0 radical (unpaired) electrons. The Morgan fingerprint density at radius 2 is 1.40 bits per heavy atom. The first-order valence-electron chi connectivity index (χ1n) is 11.6. The first-order valence-corrected chi connectivity index (χ1v) is 15.2. The molecule has 188 valence electrons. The molecule has 0 amide bonds. The Bertz CT molecular complexity index is 1070. The number of hydrogen-bond donors (Lipinski definition) is 1. The standard InChI is InChI=1S/C27H36NO5PSi/c1-27(2,3)35(24-15-8-6-9-16-24,25-17-10-7-11-18-25)33-23-14-12-13-22(21-23)26(32-20-19-28)34(29,30-4)31-5/h6-18,21,26H,19-20,28H2,1-5H3. The lowest BCUT2D eigenvalue weighted by molar-refractivity contribution is 0.0828. The summed E-state index contributed by atoms with van der Waals surface area (Å²) >= 11 is 0. The van der Waals surface area contributed by atoms with Crippen LogP contribution in [0, 0.1) is 0 Å². The monoisotopic (exact) mass is 513 g/mol. The third kappa shape index (κ3) is 5.77. The Morgan fingerprint density at radius 1 is 0.857 bits per heavy atom. The molecule has 3 rings (SSSR count). The fraction of sp³-hybridized carbons (Fsp3) is 0.333. The summed E-state index contributed by atoms with van der Waals surface area (Å²) in [7, 11) is -3.71. The van der Waals surface area contributed by atoms with E-state index < -0.39 is 21.8 Å². The van der Waals surface area contributed by atoms with Crippen molar-refractivity contribution >= 4 is 26.3 Å². The largest absolute Gasteiger partial charge is 0.534 e. The Labute approximate surface area is 210 Å². The normalized spacial score (nSPS) is 13.4. The lowest BCUT2D eigenvalue weighted by atomic mass is 10.2. The first-order chi connectivity index (χ1) is 16.7. The van der Waals surface area contributed by atoms with Crippen LogP contribution in [-0.4, -0.2) is 35.7 Å². The molecule has 0 bridgehead atoms. The van der Waals surface area contributed by atoms with Gasteiger partial charge in [0.2, 0.25) is 0 Å². The van der Waals surface area contributed by atoms with Crippen LogP contribution in [-0.2, 0) is 18.3 Å². The zero-order valence-corrected chi connectivity index (χ0v) is 23.0. The molecule has 0 fully saturated rings. The van der Waals surface area contributed by atoms with Gasteiger partial charge >= 0.3 is 15.9 Å². The minimum Gasteiger partial charge on any atom is -0.534 e. The van der Waals surface area contributed by atoms with Crippen LogP contribution in [0.25, 0.3) is 0 Å². The van der Waals surface area contributed by atoms with Crippen LogP contribution < -0.4 is 20.5 Å². The van der Waals surface area contributed by atoms with E-state index in [4.69, 9.17) is 23.9 Å². The van der Waals surface area contributed by atoms with Crippen LogP contribution >= 0.6 is 7.60 Å². The average Bonchev–Trinajstić information content (AvgIpc) is 2.88. The Kier molecular flexibility index (Phi) is 9.10.